The minimum Gasteiger partial charge on any atom is -0.495 e. The van der Waals surface area contributed by atoms with E-state index in [0.717, 1.165) is 6.42 Å². The lowest BCUT2D eigenvalue weighted by molar-refractivity contribution is -0.146. The van der Waals surface area contributed by atoms with Gasteiger partial charge in [0, 0.05) is 5.69 Å². The van der Waals surface area contributed by atoms with E-state index in [2.05, 4.69) is 5.32 Å². The van der Waals surface area contributed by atoms with Crippen LogP contribution < -0.4 is 10.1 Å². The number of carboxylic acids is 1. The van der Waals surface area contributed by atoms with E-state index in [9.17, 15) is 14.7 Å². The summed E-state index contributed by atoms with van der Waals surface area (Å²) in [6, 6.07) is 4.94. The number of carbonyl (C=O) groups excluding carboxylic acids is 1. The third kappa shape index (κ3) is 2.46. The average Bonchev–Trinajstić information content (AvgIpc) is 3.07. The molecule has 4 atom stereocenters. The van der Waals surface area contributed by atoms with Crippen molar-refractivity contribution in [3.63, 3.8) is 0 Å². The van der Waals surface area contributed by atoms with Crippen LogP contribution in [0.2, 0.25) is 5.02 Å². The van der Waals surface area contributed by atoms with Crippen LogP contribution in [0.5, 0.6) is 5.75 Å². The van der Waals surface area contributed by atoms with E-state index in [-0.39, 0.29) is 17.7 Å². The predicted molar refractivity (Wildman–Crippen MR) is 82.0 cm³/mol. The van der Waals surface area contributed by atoms with Gasteiger partial charge in [-0.1, -0.05) is 23.8 Å². The van der Waals surface area contributed by atoms with E-state index in [0.29, 0.717) is 16.5 Å². The van der Waals surface area contributed by atoms with Gasteiger partial charge in [0.25, 0.3) is 0 Å². The maximum atomic E-state index is 12.5. The number of allylic oxidation sites excluding steroid dienone is 2. The summed E-state index contributed by atoms with van der Waals surface area (Å²) in [5, 5.41) is 12.5. The van der Waals surface area contributed by atoms with Crippen LogP contribution >= 0.6 is 11.6 Å². The zero-order chi connectivity index (χ0) is 15.9. The number of methoxy groups -OCH3 is 1. The van der Waals surface area contributed by atoms with E-state index in [4.69, 9.17) is 16.3 Å². The number of halogens is 1. The highest BCUT2D eigenvalue weighted by molar-refractivity contribution is 6.32. The quantitative estimate of drug-likeness (QED) is 0.836. The van der Waals surface area contributed by atoms with E-state index >= 15 is 0 Å². The first-order valence-electron chi connectivity index (χ1n) is 7.07. The summed E-state index contributed by atoms with van der Waals surface area (Å²) in [7, 11) is 1.51. The molecule has 2 bridgehead atoms. The summed E-state index contributed by atoms with van der Waals surface area (Å²) in [4.78, 5) is 23.9. The van der Waals surface area contributed by atoms with Gasteiger partial charge in [0.05, 0.1) is 24.0 Å². The number of benzene rings is 1. The Hall–Kier alpha value is -2.01. The number of hydrogen-bond acceptors (Lipinski definition) is 3. The molecule has 2 aliphatic carbocycles. The summed E-state index contributed by atoms with van der Waals surface area (Å²) in [6.45, 7) is 0. The van der Waals surface area contributed by atoms with Gasteiger partial charge in [-0.3, -0.25) is 9.59 Å². The van der Waals surface area contributed by atoms with E-state index in [1.807, 2.05) is 12.2 Å². The molecule has 0 heterocycles. The highest BCUT2D eigenvalue weighted by Gasteiger charge is 2.51. The molecule has 0 aliphatic heterocycles. The summed E-state index contributed by atoms with van der Waals surface area (Å²) in [5.41, 5.74) is 0.534. The van der Waals surface area contributed by atoms with Crippen molar-refractivity contribution in [2.24, 2.45) is 23.7 Å². The van der Waals surface area contributed by atoms with Crippen LogP contribution in [0.1, 0.15) is 6.42 Å². The van der Waals surface area contributed by atoms with E-state index in [1.165, 1.54) is 7.11 Å². The van der Waals surface area contributed by atoms with Gasteiger partial charge in [0.1, 0.15) is 5.75 Å². The first-order chi connectivity index (χ1) is 10.5. The Morgan fingerprint density at radius 2 is 1.95 bits per heavy atom. The molecule has 2 N–H and O–H groups in total. The Bertz CT molecular complexity index is 658. The number of aliphatic carboxylic acids is 1. The van der Waals surface area contributed by atoms with Crippen molar-refractivity contribution >= 4 is 29.2 Å². The highest BCUT2D eigenvalue weighted by Crippen LogP contribution is 2.48. The second-order valence-electron chi connectivity index (χ2n) is 5.68. The molecule has 1 saturated carbocycles. The summed E-state index contributed by atoms with van der Waals surface area (Å²) < 4.78 is 5.06. The SMILES string of the molecule is COc1ccc(NC(=O)[C@H]2[C@H](C(=O)O)[C@H]3C=C[C@H]2C3)cc1Cl. The van der Waals surface area contributed by atoms with Crippen LogP contribution in [0.4, 0.5) is 5.69 Å². The molecule has 1 aromatic carbocycles. The minimum atomic E-state index is -0.912. The molecule has 6 heteroatoms. The third-order valence-corrected chi connectivity index (χ3v) is 4.76. The number of amides is 1. The monoisotopic (exact) mass is 321 g/mol. The van der Waals surface area contributed by atoms with Gasteiger partial charge in [-0.2, -0.15) is 0 Å². The molecular weight excluding hydrogens is 306 g/mol. The largest absolute Gasteiger partial charge is 0.495 e. The van der Waals surface area contributed by atoms with Gasteiger partial charge in [0.15, 0.2) is 0 Å². The lowest BCUT2D eigenvalue weighted by Gasteiger charge is -2.24. The zero-order valence-corrected chi connectivity index (χ0v) is 12.7. The molecule has 1 fully saturated rings. The molecule has 5 nitrogen and oxygen atoms in total. The summed E-state index contributed by atoms with van der Waals surface area (Å²) >= 11 is 6.03. The van der Waals surface area contributed by atoms with Crippen LogP contribution in [0, 0.1) is 23.7 Å². The number of carboxylic acid groups (broad SMARTS) is 1. The Labute approximate surface area is 132 Å². The van der Waals surface area contributed by atoms with Crippen molar-refractivity contribution in [1.29, 1.82) is 0 Å². The molecule has 0 radical (unpaired) electrons. The Morgan fingerprint density at radius 1 is 1.27 bits per heavy atom. The van der Waals surface area contributed by atoms with Crippen molar-refractivity contribution in [3.05, 3.63) is 35.4 Å². The fraction of sp³-hybridized carbons (Fsp3) is 0.375. The van der Waals surface area contributed by atoms with Crippen LogP contribution in [0.25, 0.3) is 0 Å². The van der Waals surface area contributed by atoms with Crippen molar-refractivity contribution < 1.29 is 19.4 Å². The van der Waals surface area contributed by atoms with Gasteiger partial charge < -0.3 is 15.2 Å². The van der Waals surface area contributed by atoms with Crippen molar-refractivity contribution in [3.8, 4) is 5.75 Å². The third-order valence-electron chi connectivity index (χ3n) is 4.47. The normalized spacial score (nSPS) is 28.6. The molecular formula is C16H16ClNO4. The number of fused-ring (bicyclic) bond motifs is 2. The van der Waals surface area contributed by atoms with Crippen LogP contribution in [0.3, 0.4) is 0 Å². The van der Waals surface area contributed by atoms with Gasteiger partial charge in [-0.25, -0.2) is 0 Å². The number of ether oxygens (including phenoxy) is 1. The standard InChI is InChI=1S/C16H16ClNO4/c1-22-12-5-4-10(7-11(12)17)18-15(19)13-8-2-3-9(6-8)14(13)16(20)21/h2-5,7-9,13-14H,6H2,1H3,(H,18,19)(H,20,21)/t8-,9-,13+,14+/m0/s1. The fourth-order valence-electron chi connectivity index (χ4n) is 3.49. The molecule has 0 unspecified atom stereocenters. The highest BCUT2D eigenvalue weighted by atomic mass is 35.5. The molecule has 2 aliphatic rings. The van der Waals surface area contributed by atoms with E-state index in [1.54, 1.807) is 18.2 Å². The molecule has 3 rings (SSSR count). The maximum absolute atomic E-state index is 12.5. The average molecular weight is 322 g/mol. The molecule has 22 heavy (non-hydrogen) atoms. The Morgan fingerprint density at radius 3 is 2.55 bits per heavy atom. The van der Waals surface area contributed by atoms with Crippen molar-refractivity contribution in [1.82, 2.24) is 0 Å². The number of anilines is 1. The smallest absolute Gasteiger partial charge is 0.307 e. The second kappa shape index (κ2) is 5.65. The molecule has 0 spiro atoms. The molecule has 1 amide bonds. The van der Waals surface area contributed by atoms with Crippen LogP contribution in [0.15, 0.2) is 30.4 Å². The minimum absolute atomic E-state index is 0.000166. The molecule has 0 saturated heterocycles. The fourth-order valence-corrected chi connectivity index (χ4v) is 3.74. The van der Waals surface area contributed by atoms with Gasteiger partial charge in [-0.05, 0) is 36.5 Å². The van der Waals surface area contributed by atoms with Crippen molar-refractivity contribution in [2.75, 3.05) is 12.4 Å². The predicted octanol–water partition coefficient (Wildman–Crippen LogP) is 2.81. The lowest BCUT2D eigenvalue weighted by Crippen LogP contribution is -2.36. The maximum Gasteiger partial charge on any atom is 0.307 e. The molecule has 1 aromatic rings. The first kappa shape index (κ1) is 14.9. The topological polar surface area (TPSA) is 75.6 Å². The number of hydrogen-bond donors (Lipinski definition) is 2. The number of rotatable bonds is 4. The molecule has 0 aromatic heterocycles. The lowest BCUT2D eigenvalue weighted by atomic mass is 9.82. The Balaban J connectivity index is 1.78. The van der Waals surface area contributed by atoms with Crippen LogP contribution in [-0.2, 0) is 9.59 Å². The van der Waals surface area contributed by atoms with E-state index < -0.39 is 17.8 Å². The molecule has 116 valence electrons. The van der Waals surface area contributed by atoms with Crippen LogP contribution in [-0.4, -0.2) is 24.1 Å². The van der Waals surface area contributed by atoms with Crippen molar-refractivity contribution in [2.45, 2.75) is 6.42 Å². The Kier molecular flexibility index (Phi) is 3.83. The number of nitrogens with one attached hydrogen (secondary N) is 1. The van der Waals surface area contributed by atoms with Gasteiger partial charge in [0.2, 0.25) is 5.91 Å². The first-order valence-corrected chi connectivity index (χ1v) is 7.44. The summed E-state index contributed by atoms with van der Waals surface area (Å²) in [5.74, 6) is -1.89. The van der Waals surface area contributed by atoms with Gasteiger partial charge in [-0.15, -0.1) is 0 Å². The second-order valence-corrected chi connectivity index (χ2v) is 6.08. The zero-order valence-electron chi connectivity index (χ0n) is 12.0. The number of carbonyl (C=O) groups is 2. The van der Waals surface area contributed by atoms with Gasteiger partial charge >= 0.3 is 5.97 Å². The summed E-state index contributed by atoms with van der Waals surface area (Å²) in [6.07, 6.45) is 4.60.